The molecule has 0 unspecified atom stereocenters. The normalized spacial score (nSPS) is 10.8. The molecule has 2 N–H and O–H groups in total. The fourth-order valence-electron chi connectivity index (χ4n) is 1.64. The largest absolute Gasteiger partial charge is 0.478 e. The Bertz CT molecular complexity index is 692. The van der Waals surface area contributed by atoms with E-state index in [-0.39, 0.29) is 5.56 Å². The highest BCUT2D eigenvalue weighted by Gasteiger charge is 2.03. The van der Waals surface area contributed by atoms with Gasteiger partial charge in [-0.25, -0.2) is 4.79 Å². The van der Waals surface area contributed by atoms with Crippen LogP contribution in [0.1, 0.15) is 21.5 Å². The van der Waals surface area contributed by atoms with E-state index in [1.165, 1.54) is 12.7 Å². The second-order valence-corrected chi connectivity index (χ2v) is 6.69. The zero-order valence-electron chi connectivity index (χ0n) is 11.1. The van der Waals surface area contributed by atoms with Gasteiger partial charge in [0, 0.05) is 7.14 Å². The summed E-state index contributed by atoms with van der Waals surface area (Å²) in [6.07, 6.45) is 1.72. The van der Waals surface area contributed by atoms with Crippen molar-refractivity contribution in [1.82, 2.24) is 0 Å². The van der Waals surface area contributed by atoms with Crippen molar-refractivity contribution in [2.45, 2.75) is 6.92 Å². The molecule has 21 heavy (non-hydrogen) atoms. The predicted octanol–water partition coefficient (Wildman–Crippen LogP) is 4.35. The van der Waals surface area contributed by atoms with Gasteiger partial charge in [-0.1, -0.05) is 6.07 Å². The third-order valence-corrected chi connectivity index (χ3v) is 5.06. The van der Waals surface area contributed by atoms with Gasteiger partial charge < -0.3 is 5.11 Å². The van der Waals surface area contributed by atoms with Gasteiger partial charge >= 0.3 is 5.97 Å². The third-order valence-electron chi connectivity index (χ3n) is 2.82. The number of aromatic carboxylic acids is 1. The molecule has 0 saturated heterocycles. The number of carboxylic acid groups (broad SMARTS) is 1. The molecule has 6 heteroatoms. The molecule has 0 heterocycles. The maximum Gasteiger partial charge on any atom is 0.335 e. The van der Waals surface area contributed by atoms with Gasteiger partial charge in [0.05, 0.1) is 17.5 Å². The van der Waals surface area contributed by atoms with Crippen LogP contribution in [0.5, 0.6) is 0 Å². The molecule has 0 bridgehead atoms. The molecule has 0 amide bonds. The molecule has 2 rings (SSSR count). The Balaban J connectivity index is 2.12. The fourth-order valence-corrected chi connectivity index (χ4v) is 3.46. The lowest BCUT2D eigenvalue weighted by atomic mass is 10.2. The summed E-state index contributed by atoms with van der Waals surface area (Å²) >= 11 is 4.60. The fraction of sp³-hybridized carbons (Fsp3) is 0.0667. The highest BCUT2D eigenvalue weighted by Crippen LogP contribution is 2.19. The number of anilines is 1. The van der Waals surface area contributed by atoms with E-state index in [1.807, 2.05) is 0 Å². The second-order valence-electron chi connectivity index (χ2n) is 4.37. The average molecular weight is 506 g/mol. The van der Waals surface area contributed by atoms with Crippen molar-refractivity contribution in [1.29, 1.82) is 0 Å². The van der Waals surface area contributed by atoms with E-state index in [9.17, 15) is 4.79 Å². The first-order valence-electron chi connectivity index (χ1n) is 6.05. The van der Waals surface area contributed by atoms with Gasteiger partial charge in [0.2, 0.25) is 0 Å². The second kappa shape index (κ2) is 7.21. The van der Waals surface area contributed by atoms with Crippen molar-refractivity contribution in [3.8, 4) is 0 Å². The number of halogens is 2. The van der Waals surface area contributed by atoms with Crippen LogP contribution in [0.15, 0.2) is 41.5 Å². The van der Waals surface area contributed by atoms with Crippen LogP contribution in [0.4, 0.5) is 5.69 Å². The number of rotatable bonds is 4. The summed E-state index contributed by atoms with van der Waals surface area (Å²) in [7, 11) is 0. The lowest BCUT2D eigenvalue weighted by molar-refractivity contribution is 0.0697. The molecule has 0 aromatic heterocycles. The number of hydrazone groups is 1. The van der Waals surface area contributed by atoms with E-state index in [1.54, 1.807) is 30.5 Å². The van der Waals surface area contributed by atoms with Crippen LogP contribution < -0.4 is 5.43 Å². The van der Waals surface area contributed by atoms with E-state index in [2.05, 4.69) is 74.8 Å². The van der Waals surface area contributed by atoms with Crippen molar-refractivity contribution in [2.75, 3.05) is 5.43 Å². The zero-order chi connectivity index (χ0) is 15.4. The summed E-state index contributed by atoms with van der Waals surface area (Å²) in [5, 5.41) is 13.1. The molecular weight excluding hydrogens is 494 g/mol. The lowest BCUT2D eigenvalue weighted by Gasteiger charge is -2.04. The van der Waals surface area contributed by atoms with Crippen LogP contribution in [-0.4, -0.2) is 17.3 Å². The molecule has 108 valence electrons. The topological polar surface area (TPSA) is 61.7 Å². The zero-order valence-corrected chi connectivity index (χ0v) is 15.4. The molecule has 0 spiro atoms. The molecule has 0 saturated carbocycles. The predicted molar refractivity (Wildman–Crippen MR) is 101 cm³/mol. The lowest BCUT2D eigenvalue weighted by Crippen LogP contribution is -1.98. The van der Waals surface area contributed by atoms with Gasteiger partial charge in [0.25, 0.3) is 0 Å². The Morgan fingerprint density at radius 1 is 1.24 bits per heavy atom. The maximum absolute atomic E-state index is 10.9. The number of hydrogen-bond donors (Lipinski definition) is 2. The van der Waals surface area contributed by atoms with Crippen LogP contribution in [0.25, 0.3) is 0 Å². The SMILES string of the molecule is Cc1c(I)cc(/C=N/Nc2cccc(C(=O)O)c2)cc1I. The van der Waals surface area contributed by atoms with Crippen LogP contribution in [-0.2, 0) is 0 Å². The van der Waals surface area contributed by atoms with Crippen LogP contribution in [0.2, 0.25) is 0 Å². The number of nitrogens with zero attached hydrogens (tertiary/aromatic N) is 1. The molecule has 2 aromatic rings. The Morgan fingerprint density at radius 2 is 1.90 bits per heavy atom. The number of carboxylic acids is 1. The monoisotopic (exact) mass is 506 g/mol. The van der Waals surface area contributed by atoms with Crippen molar-refractivity contribution >= 4 is 63.1 Å². The summed E-state index contributed by atoms with van der Waals surface area (Å²) in [5.41, 5.74) is 5.97. The Hall–Kier alpha value is -1.16. The van der Waals surface area contributed by atoms with Crippen LogP contribution >= 0.6 is 45.2 Å². The molecule has 4 nitrogen and oxygen atoms in total. The van der Waals surface area contributed by atoms with Crippen molar-refractivity contribution < 1.29 is 9.90 Å². The van der Waals surface area contributed by atoms with Gasteiger partial charge in [-0.15, -0.1) is 0 Å². The first kappa shape index (κ1) is 16.2. The minimum absolute atomic E-state index is 0.231. The van der Waals surface area contributed by atoms with Gasteiger partial charge in [0.1, 0.15) is 0 Å². The van der Waals surface area contributed by atoms with Gasteiger partial charge in [-0.2, -0.15) is 5.10 Å². The standard InChI is InChI=1S/C15H12I2N2O2/c1-9-13(16)5-10(6-14(9)17)8-18-19-12-4-2-3-11(7-12)15(20)21/h2-8,19H,1H3,(H,20,21)/b18-8+. The van der Waals surface area contributed by atoms with E-state index in [0.29, 0.717) is 5.69 Å². The van der Waals surface area contributed by atoms with E-state index in [0.717, 1.165) is 5.56 Å². The highest BCUT2D eigenvalue weighted by molar-refractivity contribution is 14.1. The van der Waals surface area contributed by atoms with Gasteiger partial charge in [-0.05, 0) is 93.6 Å². The Kier molecular flexibility index (Phi) is 5.57. The number of benzene rings is 2. The average Bonchev–Trinajstić information content (AvgIpc) is 2.45. The van der Waals surface area contributed by atoms with Crippen molar-refractivity contribution in [3.05, 3.63) is 60.2 Å². The molecule has 0 radical (unpaired) electrons. The molecule has 0 aliphatic rings. The van der Waals surface area contributed by atoms with E-state index in [4.69, 9.17) is 5.11 Å². The maximum atomic E-state index is 10.9. The Labute approximate surface area is 149 Å². The molecule has 0 aliphatic heterocycles. The number of nitrogens with one attached hydrogen (secondary N) is 1. The summed E-state index contributed by atoms with van der Waals surface area (Å²) in [6, 6.07) is 10.6. The van der Waals surface area contributed by atoms with E-state index < -0.39 is 5.97 Å². The molecule has 0 aliphatic carbocycles. The third kappa shape index (κ3) is 4.40. The first-order valence-corrected chi connectivity index (χ1v) is 8.21. The molecule has 0 fully saturated rings. The smallest absolute Gasteiger partial charge is 0.335 e. The summed E-state index contributed by atoms with van der Waals surface area (Å²) in [5.74, 6) is -0.953. The summed E-state index contributed by atoms with van der Waals surface area (Å²) in [4.78, 5) is 10.9. The van der Waals surface area contributed by atoms with Crippen LogP contribution in [0, 0.1) is 14.1 Å². The first-order chi connectivity index (χ1) is 9.97. The number of hydrogen-bond acceptors (Lipinski definition) is 3. The van der Waals surface area contributed by atoms with Crippen LogP contribution in [0.3, 0.4) is 0 Å². The minimum atomic E-state index is -0.953. The molecular formula is C15H12I2N2O2. The molecule has 2 aromatic carbocycles. The van der Waals surface area contributed by atoms with Gasteiger partial charge in [0.15, 0.2) is 0 Å². The Morgan fingerprint density at radius 3 is 2.52 bits per heavy atom. The van der Waals surface area contributed by atoms with Crippen molar-refractivity contribution in [2.24, 2.45) is 5.10 Å². The number of carbonyl (C=O) groups is 1. The quantitative estimate of drug-likeness (QED) is 0.369. The van der Waals surface area contributed by atoms with E-state index >= 15 is 0 Å². The minimum Gasteiger partial charge on any atom is -0.478 e. The van der Waals surface area contributed by atoms with Gasteiger partial charge in [-0.3, -0.25) is 5.43 Å². The van der Waals surface area contributed by atoms with Crippen molar-refractivity contribution in [3.63, 3.8) is 0 Å². The summed E-state index contributed by atoms with van der Waals surface area (Å²) < 4.78 is 2.38. The summed E-state index contributed by atoms with van der Waals surface area (Å²) in [6.45, 7) is 2.08. The molecule has 0 atom stereocenters. The highest BCUT2D eigenvalue weighted by atomic mass is 127.